The van der Waals surface area contributed by atoms with Gasteiger partial charge in [0.2, 0.25) is 17.7 Å². The van der Waals surface area contributed by atoms with E-state index in [1.165, 1.54) is 48.6 Å². The van der Waals surface area contributed by atoms with Crippen LogP contribution in [-0.4, -0.2) is 208 Å². The number of rotatable bonds is 32. The zero-order valence-electron chi connectivity index (χ0n) is 62.7. The van der Waals surface area contributed by atoms with Gasteiger partial charge in [-0.3, -0.25) is 48.2 Å². The van der Waals surface area contributed by atoms with Crippen molar-refractivity contribution in [3.63, 3.8) is 0 Å². The minimum absolute atomic E-state index is 0.0551. The van der Waals surface area contributed by atoms with E-state index in [0.717, 1.165) is 56.1 Å². The van der Waals surface area contributed by atoms with Gasteiger partial charge in [0.1, 0.15) is 42.8 Å². The molecule has 3 aromatic heterocycles. The first-order valence-electron chi connectivity index (χ1n) is 37.4. The fourth-order valence-corrected chi connectivity index (χ4v) is 19.4. The van der Waals surface area contributed by atoms with Gasteiger partial charge in [-0.15, -0.1) is 0 Å². The second kappa shape index (κ2) is 33.0. The van der Waals surface area contributed by atoms with Crippen LogP contribution in [-0.2, 0) is 85.6 Å². The molecule has 4 bridgehead atoms. The molecule has 594 valence electrons. The lowest BCUT2D eigenvalue weighted by Gasteiger charge is -2.69. The van der Waals surface area contributed by atoms with Gasteiger partial charge in [0.15, 0.2) is 16.9 Å². The van der Waals surface area contributed by atoms with Crippen LogP contribution in [0, 0.1) is 29.1 Å². The Kier molecular flexibility index (Phi) is 24.0. The molecule has 3 aromatic carbocycles. The predicted molar refractivity (Wildman–Crippen MR) is 406 cm³/mol. The number of thiazole rings is 1. The molecule has 2 unspecified atom stereocenters. The van der Waals surface area contributed by atoms with Gasteiger partial charge in [0.25, 0.3) is 27.8 Å². The Morgan fingerprint density at radius 1 is 0.793 bits per heavy atom. The number of amides is 7. The summed E-state index contributed by atoms with van der Waals surface area (Å²) in [6.07, 6.45) is 0.648. The lowest BCUT2D eigenvalue weighted by atomic mass is 9.39. The van der Waals surface area contributed by atoms with Crippen molar-refractivity contribution in [2.75, 3.05) is 54.1 Å². The van der Waals surface area contributed by atoms with E-state index in [1.807, 2.05) is 52.9 Å². The number of nitrogens with zero attached hydrogens (tertiary/aromatic N) is 7. The van der Waals surface area contributed by atoms with Gasteiger partial charge in [-0.05, 0) is 171 Å². The molecule has 9 atom stereocenters. The number of aromatic nitrogens is 4. The number of carboxylic acids is 2. The zero-order valence-corrected chi connectivity index (χ0v) is 64.3. The molecule has 10 N–H and O–H groups in total. The number of aliphatic carboxylic acids is 1. The number of para-hydroxylation sites is 1. The minimum Gasteiger partial charge on any atom is -0.479 e. The lowest BCUT2D eigenvalue weighted by Crippen LogP contribution is -2.64. The molecule has 5 fully saturated rings. The smallest absolute Gasteiger partial charge is 0.410 e. The number of aliphatic hydroxyl groups is 3. The van der Waals surface area contributed by atoms with Crippen LogP contribution in [0.3, 0.4) is 0 Å². The summed E-state index contributed by atoms with van der Waals surface area (Å²) >= 11 is 1.39. The molecule has 13 rings (SSSR count). The third kappa shape index (κ3) is 18.6. The molecular weight excluding hydrogens is 1480 g/mol. The fraction of sp³-hybridized carbons (Fsp3) is 0.513. The first-order chi connectivity index (χ1) is 52.6. The maximum absolute atomic E-state index is 14.4. The summed E-state index contributed by atoms with van der Waals surface area (Å²) in [6.45, 7) is 11.6. The number of carbonyl (C=O) groups excluding carboxylic acids is 7. The molecule has 0 radical (unpaired) electrons. The van der Waals surface area contributed by atoms with Crippen molar-refractivity contribution >= 4 is 102 Å². The fourth-order valence-electron chi connectivity index (χ4n) is 18.1. The number of ether oxygens (including phenoxy) is 3. The standard InChI is InChI=1S/C78H95N11O20S2/c1-44(2)62(84-59(90)17-8-7-11-27-88-60(91)24-25-61(88)92)70(98)80-45(3)68(96)81-50-20-18-49(48(33-50)19-22-56-64(93)65(94)66(95)67(109-56)72(101)102)36-107-74(103)86(30-32-111(104,105)106)29-31-108-78-40-75(5)37-76(6,41-78)39-77(38-75,42-78)43-89-46(4)53(34-79-89)51-21-23-58(83-63(51)71(99)100)87-28-26-47-13-12-14-52(54(47)35-87)69(97)85-73-82-55-15-9-10-16-57(55)110-73/h9-10,12-16,18,20-21,23-25,33-34,44-45,56,62,64-67,93-95H,7-8,11,17,19,22,26-32,35-43H2,1-6H3,(H,80,98)(H,81,96)(H,84,90)(H,99,100)(H,101,102)(H,82,85,97)(H,104,105,106)/t45-,56-,62-,64-,65-,66+,67-,75?,76?,77?,78?/m0/s1. The normalized spacial score (nSPS) is 24.5. The van der Waals surface area contributed by atoms with Gasteiger partial charge in [0.05, 0.1) is 40.5 Å². The van der Waals surface area contributed by atoms with E-state index in [0.29, 0.717) is 103 Å². The SMILES string of the molecule is Cc1c(-c2ccc(N3CCc4cccc(C(=O)Nc5nc6ccccc6s5)c4C3)nc2C(=O)O)cnn1CC12CC3(C)CC(C)(C1)CC(OCCN(CCS(=O)(=O)O)C(=O)OCc1ccc(NC(=O)[C@H](C)NC(=O)[C@@H](NC(=O)CCCCCN4C(=O)C=CC4=O)C(C)C)cc1CC[C@@H]1O[C@H](C(=O)O)[C@H](O)[C@@H](O)[C@H]1O)(C3)C2. The number of aliphatic hydroxyl groups excluding tert-OH is 3. The Balaban J connectivity index is 0.700. The summed E-state index contributed by atoms with van der Waals surface area (Å²) in [4.78, 5) is 131. The molecule has 0 spiro atoms. The predicted octanol–water partition coefficient (Wildman–Crippen LogP) is 6.98. The third-order valence-electron chi connectivity index (χ3n) is 22.3. The largest absolute Gasteiger partial charge is 0.479 e. The first-order valence-corrected chi connectivity index (χ1v) is 39.8. The van der Waals surface area contributed by atoms with Crippen molar-refractivity contribution in [3.8, 4) is 11.1 Å². The van der Waals surface area contributed by atoms with Crippen molar-refractivity contribution in [3.05, 3.63) is 130 Å². The van der Waals surface area contributed by atoms with Gasteiger partial charge >= 0.3 is 18.0 Å². The first kappa shape index (κ1) is 80.9. The number of nitrogens with one attached hydrogen (secondary N) is 4. The molecule has 7 aliphatic rings. The Bertz CT molecular complexity index is 4680. The number of benzene rings is 3. The summed E-state index contributed by atoms with van der Waals surface area (Å²) in [6, 6.07) is 19.1. The number of hydrogen-bond donors (Lipinski definition) is 10. The van der Waals surface area contributed by atoms with Gasteiger partial charge in [-0.25, -0.2) is 24.4 Å². The average molecular weight is 1570 g/mol. The van der Waals surface area contributed by atoms with Crippen LogP contribution < -0.4 is 26.2 Å². The Labute approximate surface area is 645 Å². The highest BCUT2D eigenvalue weighted by molar-refractivity contribution is 7.85. The van der Waals surface area contributed by atoms with E-state index >= 15 is 0 Å². The molecule has 6 heterocycles. The Morgan fingerprint density at radius 2 is 1.53 bits per heavy atom. The molecule has 111 heavy (non-hydrogen) atoms. The molecule has 7 amide bonds. The second-order valence-electron chi connectivity index (χ2n) is 31.7. The topological polar surface area (TPSA) is 438 Å². The van der Waals surface area contributed by atoms with Crippen LogP contribution in [0.25, 0.3) is 21.3 Å². The number of carbonyl (C=O) groups is 9. The van der Waals surface area contributed by atoms with E-state index in [2.05, 4.69) is 40.1 Å². The van der Waals surface area contributed by atoms with Crippen molar-refractivity contribution in [2.45, 2.75) is 193 Å². The number of unbranched alkanes of at least 4 members (excludes halogenated alkanes) is 2. The van der Waals surface area contributed by atoms with Crippen LogP contribution in [0.4, 0.5) is 21.4 Å². The highest BCUT2D eigenvalue weighted by Gasteiger charge is 2.66. The van der Waals surface area contributed by atoms with E-state index in [1.54, 1.807) is 38.2 Å². The van der Waals surface area contributed by atoms with Gasteiger partial charge in [-0.1, -0.05) is 75.8 Å². The number of carboxylic acid groups (broad SMARTS) is 2. The molecular formula is C78H95N11O20S2. The molecule has 31 nitrogen and oxygen atoms in total. The van der Waals surface area contributed by atoms with E-state index < -0.39 is 131 Å². The molecule has 4 aliphatic carbocycles. The summed E-state index contributed by atoms with van der Waals surface area (Å²) in [5.74, 6) is -6.48. The highest BCUT2D eigenvalue weighted by atomic mass is 32.2. The van der Waals surface area contributed by atoms with Gasteiger partial charge in [-0.2, -0.15) is 13.5 Å². The van der Waals surface area contributed by atoms with Crippen molar-refractivity contribution < 1.29 is 95.9 Å². The Morgan fingerprint density at radius 3 is 2.23 bits per heavy atom. The molecule has 1 saturated heterocycles. The summed E-state index contributed by atoms with van der Waals surface area (Å²) in [5.41, 5.74) is 4.09. The molecule has 4 saturated carbocycles. The van der Waals surface area contributed by atoms with Crippen molar-refractivity contribution in [2.24, 2.45) is 22.2 Å². The summed E-state index contributed by atoms with van der Waals surface area (Å²) in [7, 11) is -4.63. The van der Waals surface area contributed by atoms with Gasteiger partial charge in [0, 0.05) is 85.9 Å². The number of anilines is 3. The van der Waals surface area contributed by atoms with E-state index in [-0.39, 0.29) is 72.5 Å². The number of aromatic carboxylic acids is 1. The average Bonchev–Trinajstić information content (AvgIpc) is 0.738. The van der Waals surface area contributed by atoms with Crippen LogP contribution >= 0.6 is 11.3 Å². The van der Waals surface area contributed by atoms with Crippen molar-refractivity contribution in [1.29, 1.82) is 0 Å². The van der Waals surface area contributed by atoms with E-state index in [9.17, 15) is 81.7 Å². The number of hydrogen-bond acceptors (Lipinski definition) is 22. The maximum Gasteiger partial charge on any atom is 0.410 e. The molecule has 3 aliphatic heterocycles. The van der Waals surface area contributed by atoms with Gasteiger partial charge < -0.3 is 65.5 Å². The minimum atomic E-state index is -4.63. The molecule has 6 aromatic rings. The monoisotopic (exact) mass is 1570 g/mol. The van der Waals surface area contributed by atoms with E-state index in [4.69, 9.17) is 24.3 Å². The molecule has 33 heteroatoms. The zero-order chi connectivity index (χ0) is 79.6. The van der Waals surface area contributed by atoms with Crippen LogP contribution in [0.1, 0.15) is 154 Å². The summed E-state index contributed by atoms with van der Waals surface area (Å²) in [5, 5.41) is 69.2. The summed E-state index contributed by atoms with van der Waals surface area (Å²) < 4.78 is 56.0. The van der Waals surface area contributed by atoms with Crippen molar-refractivity contribution in [1.82, 2.24) is 40.2 Å². The Hall–Kier alpha value is -9.61. The second-order valence-corrected chi connectivity index (χ2v) is 34.3. The number of imide groups is 1. The maximum atomic E-state index is 14.4. The number of pyridine rings is 1. The van der Waals surface area contributed by atoms with Crippen LogP contribution in [0.15, 0.2) is 91.1 Å². The van der Waals surface area contributed by atoms with Crippen LogP contribution in [0.5, 0.6) is 0 Å². The number of fused-ring (bicyclic) bond motifs is 2. The number of aryl methyl sites for hydroxylation is 1. The lowest BCUT2D eigenvalue weighted by molar-refractivity contribution is -0.248. The highest BCUT2D eigenvalue weighted by Crippen LogP contribution is 2.72. The third-order valence-corrected chi connectivity index (χ3v) is 23.9. The quantitative estimate of drug-likeness (QED) is 0.0116. The van der Waals surface area contributed by atoms with Crippen LogP contribution in [0.2, 0.25) is 0 Å².